The zero-order valence-corrected chi connectivity index (χ0v) is 10.8. The number of halogens is 1. The number of hydrogen-bond donors (Lipinski definition) is 0. The van der Waals surface area contributed by atoms with Gasteiger partial charge in [0, 0.05) is 15.7 Å². The maximum Gasteiger partial charge on any atom is 0.0729 e. The third kappa shape index (κ3) is 2.55. The number of rotatable bonds is 3. The summed E-state index contributed by atoms with van der Waals surface area (Å²) in [5, 5.41) is 0.139. The van der Waals surface area contributed by atoms with E-state index in [2.05, 4.69) is 26.0 Å². The van der Waals surface area contributed by atoms with Crippen molar-refractivity contribution < 1.29 is 4.74 Å². The van der Waals surface area contributed by atoms with Crippen LogP contribution in [0.4, 0.5) is 0 Å². The van der Waals surface area contributed by atoms with Crippen molar-refractivity contribution in [1.82, 2.24) is 0 Å². The minimum Gasteiger partial charge on any atom is -0.378 e. The van der Waals surface area contributed by atoms with Crippen molar-refractivity contribution >= 4 is 22.9 Å². The van der Waals surface area contributed by atoms with Gasteiger partial charge in [0.2, 0.25) is 0 Å². The highest BCUT2D eigenvalue weighted by Gasteiger charge is 2.29. The van der Waals surface area contributed by atoms with Gasteiger partial charge in [-0.2, -0.15) is 0 Å². The van der Waals surface area contributed by atoms with Gasteiger partial charge in [-0.15, -0.1) is 22.9 Å². The summed E-state index contributed by atoms with van der Waals surface area (Å²) < 4.78 is 5.56. The van der Waals surface area contributed by atoms with E-state index in [-0.39, 0.29) is 5.38 Å². The molecule has 1 aromatic rings. The summed E-state index contributed by atoms with van der Waals surface area (Å²) in [5.41, 5.74) is 0. The molecule has 3 heteroatoms. The van der Waals surface area contributed by atoms with Crippen molar-refractivity contribution in [1.29, 1.82) is 0 Å². The molecule has 0 aromatic carbocycles. The monoisotopic (exact) mass is 244 g/mol. The lowest BCUT2D eigenvalue weighted by molar-refractivity contribution is 0.120. The fourth-order valence-electron chi connectivity index (χ4n) is 2.02. The van der Waals surface area contributed by atoms with Crippen molar-refractivity contribution in [3.63, 3.8) is 0 Å². The van der Waals surface area contributed by atoms with Gasteiger partial charge in [-0.25, -0.2) is 0 Å². The molecule has 15 heavy (non-hydrogen) atoms. The van der Waals surface area contributed by atoms with Crippen LogP contribution in [0.3, 0.4) is 0 Å². The van der Waals surface area contributed by atoms with Crippen LogP contribution < -0.4 is 0 Å². The minimum atomic E-state index is 0.139. The molecule has 1 nitrogen and oxygen atoms in total. The Labute approximate surface area is 100 Å². The molecule has 0 aliphatic carbocycles. The van der Waals surface area contributed by atoms with Gasteiger partial charge in [0.15, 0.2) is 0 Å². The van der Waals surface area contributed by atoms with Gasteiger partial charge in [0.1, 0.15) is 0 Å². The summed E-state index contributed by atoms with van der Waals surface area (Å²) in [5.74, 6) is 0.491. The summed E-state index contributed by atoms with van der Waals surface area (Å²) in [7, 11) is 0. The number of aryl methyl sites for hydroxylation is 1. The predicted molar refractivity (Wildman–Crippen MR) is 65.8 cm³/mol. The average molecular weight is 245 g/mol. The van der Waals surface area contributed by atoms with E-state index in [4.69, 9.17) is 16.3 Å². The van der Waals surface area contributed by atoms with Gasteiger partial charge in [0.05, 0.1) is 18.1 Å². The standard InChI is InChI=1S/C12H17ClOS/c1-3-10-4-5-11(15-10)12(13)9-6-8(2)14-7-9/h4-5,8-9,12H,3,6-7H2,1-2H3. The topological polar surface area (TPSA) is 9.23 Å². The average Bonchev–Trinajstić information content (AvgIpc) is 2.84. The summed E-state index contributed by atoms with van der Waals surface area (Å²) in [6.07, 6.45) is 2.57. The molecular weight excluding hydrogens is 228 g/mol. The second kappa shape index (κ2) is 4.86. The second-order valence-corrected chi connectivity index (χ2v) is 5.87. The number of ether oxygens (including phenoxy) is 1. The molecule has 0 amide bonds. The number of alkyl halides is 1. The van der Waals surface area contributed by atoms with Crippen molar-refractivity contribution in [2.24, 2.45) is 5.92 Å². The van der Waals surface area contributed by atoms with Crippen LogP contribution in [0.1, 0.15) is 35.4 Å². The second-order valence-electron chi connectivity index (χ2n) is 4.20. The lowest BCUT2D eigenvalue weighted by Crippen LogP contribution is -2.06. The van der Waals surface area contributed by atoms with Crippen LogP contribution in [0.5, 0.6) is 0 Å². The predicted octanol–water partition coefficient (Wildman–Crippen LogP) is 4.02. The first-order valence-corrected chi connectivity index (χ1v) is 6.80. The molecule has 1 aromatic heterocycles. The minimum absolute atomic E-state index is 0.139. The first kappa shape index (κ1) is 11.4. The molecule has 0 N–H and O–H groups in total. The van der Waals surface area contributed by atoms with Crippen molar-refractivity contribution in [3.8, 4) is 0 Å². The summed E-state index contributed by atoms with van der Waals surface area (Å²) in [6, 6.07) is 4.36. The molecule has 2 heterocycles. The maximum absolute atomic E-state index is 6.48. The molecule has 3 unspecified atom stereocenters. The van der Waals surface area contributed by atoms with Gasteiger partial charge in [0.25, 0.3) is 0 Å². The Bertz CT molecular complexity index is 323. The van der Waals surface area contributed by atoms with Crippen LogP contribution in [0.2, 0.25) is 0 Å². The quantitative estimate of drug-likeness (QED) is 0.730. The lowest BCUT2D eigenvalue weighted by atomic mass is 10.0. The molecule has 0 radical (unpaired) electrons. The molecule has 1 saturated heterocycles. The molecule has 1 aliphatic rings. The van der Waals surface area contributed by atoms with E-state index in [1.54, 1.807) is 0 Å². The highest BCUT2D eigenvalue weighted by Crippen LogP contribution is 2.39. The molecule has 0 bridgehead atoms. The van der Waals surface area contributed by atoms with Gasteiger partial charge in [-0.05, 0) is 31.9 Å². The fourth-order valence-corrected chi connectivity index (χ4v) is 3.43. The molecule has 3 atom stereocenters. The van der Waals surface area contributed by atoms with Gasteiger partial charge in [-0.1, -0.05) is 6.92 Å². The van der Waals surface area contributed by atoms with Crippen molar-refractivity contribution in [2.45, 2.75) is 38.2 Å². The SMILES string of the molecule is CCc1ccc(C(Cl)C2COC(C)C2)s1. The molecular formula is C12H17ClOS. The van der Waals surface area contributed by atoms with Crippen LogP contribution >= 0.6 is 22.9 Å². The van der Waals surface area contributed by atoms with Gasteiger partial charge >= 0.3 is 0 Å². The summed E-state index contributed by atoms with van der Waals surface area (Å²) in [4.78, 5) is 2.72. The summed E-state index contributed by atoms with van der Waals surface area (Å²) in [6.45, 7) is 5.11. The zero-order valence-electron chi connectivity index (χ0n) is 9.20. The van der Waals surface area contributed by atoms with E-state index in [0.29, 0.717) is 12.0 Å². The van der Waals surface area contributed by atoms with Crippen LogP contribution in [-0.4, -0.2) is 12.7 Å². The highest BCUT2D eigenvalue weighted by atomic mass is 35.5. The Morgan fingerprint density at radius 1 is 1.60 bits per heavy atom. The van der Waals surface area contributed by atoms with Crippen molar-refractivity contribution in [3.05, 3.63) is 21.9 Å². The normalized spacial score (nSPS) is 28.2. The van der Waals surface area contributed by atoms with E-state index in [1.807, 2.05) is 11.3 Å². The molecule has 1 aliphatic heterocycles. The number of hydrogen-bond acceptors (Lipinski definition) is 2. The Morgan fingerprint density at radius 3 is 2.93 bits per heavy atom. The Hall–Kier alpha value is -0.0500. The molecule has 0 saturated carbocycles. The van der Waals surface area contributed by atoms with E-state index in [9.17, 15) is 0 Å². The van der Waals surface area contributed by atoms with Gasteiger partial charge in [-0.3, -0.25) is 0 Å². The van der Waals surface area contributed by atoms with Crippen molar-refractivity contribution in [2.75, 3.05) is 6.61 Å². The smallest absolute Gasteiger partial charge is 0.0729 e. The van der Waals surface area contributed by atoms with Crippen LogP contribution in [0, 0.1) is 5.92 Å². The first-order valence-electron chi connectivity index (χ1n) is 5.55. The summed E-state index contributed by atoms with van der Waals surface area (Å²) >= 11 is 8.32. The zero-order chi connectivity index (χ0) is 10.8. The molecule has 0 spiro atoms. The van der Waals surface area contributed by atoms with Crippen LogP contribution in [0.15, 0.2) is 12.1 Å². The van der Waals surface area contributed by atoms with Crippen LogP contribution in [-0.2, 0) is 11.2 Å². The Balaban J connectivity index is 2.03. The molecule has 1 fully saturated rings. The maximum atomic E-state index is 6.48. The van der Waals surface area contributed by atoms with E-state index < -0.39 is 0 Å². The van der Waals surface area contributed by atoms with Gasteiger partial charge < -0.3 is 4.74 Å². The van der Waals surface area contributed by atoms with E-state index in [0.717, 1.165) is 19.4 Å². The molecule has 2 rings (SSSR count). The van der Waals surface area contributed by atoms with E-state index >= 15 is 0 Å². The third-order valence-corrected chi connectivity index (χ3v) is 4.98. The van der Waals surface area contributed by atoms with Crippen LogP contribution in [0.25, 0.3) is 0 Å². The Morgan fingerprint density at radius 2 is 2.40 bits per heavy atom. The number of thiophene rings is 1. The van der Waals surface area contributed by atoms with E-state index in [1.165, 1.54) is 9.75 Å². The largest absolute Gasteiger partial charge is 0.378 e. The fraction of sp³-hybridized carbons (Fsp3) is 0.667. The lowest BCUT2D eigenvalue weighted by Gasteiger charge is -2.13. The molecule has 84 valence electrons. The highest BCUT2D eigenvalue weighted by molar-refractivity contribution is 7.12. The first-order chi connectivity index (χ1) is 7.20. The third-order valence-electron chi connectivity index (χ3n) is 2.95. The Kier molecular flexibility index (Phi) is 3.70.